The van der Waals surface area contributed by atoms with Gasteiger partial charge in [0.15, 0.2) is 5.78 Å². The van der Waals surface area contributed by atoms with Crippen molar-refractivity contribution in [2.24, 2.45) is 0 Å². The summed E-state index contributed by atoms with van der Waals surface area (Å²) in [5.74, 6) is 0.151. The Labute approximate surface area is 113 Å². The van der Waals surface area contributed by atoms with Crippen molar-refractivity contribution in [1.29, 1.82) is 0 Å². The monoisotopic (exact) mass is 320 g/mol. The lowest BCUT2D eigenvalue weighted by Gasteiger charge is -2.25. The van der Waals surface area contributed by atoms with Crippen molar-refractivity contribution >= 4 is 44.9 Å². The molecule has 1 aliphatic rings. The van der Waals surface area contributed by atoms with Gasteiger partial charge in [-0.05, 0) is 30.5 Å². The summed E-state index contributed by atoms with van der Waals surface area (Å²) in [5.41, 5.74) is 0.903. The highest BCUT2D eigenvalue weighted by atomic mass is 79.9. The van der Waals surface area contributed by atoms with Crippen molar-refractivity contribution in [3.05, 3.63) is 33.8 Å². The van der Waals surface area contributed by atoms with Crippen LogP contribution in [0.2, 0.25) is 10.0 Å². The Hall–Kier alpha value is -0.0500. The number of Topliss-reactive ketones (excluding diaryl/α,β-unsaturated/α-hetero) is 1. The van der Waals surface area contributed by atoms with E-state index in [9.17, 15) is 4.79 Å². The number of hydrogen-bond acceptors (Lipinski definition) is 1. The third-order valence-corrected chi connectivity index (χ3v) is 4.41. The molecule has 1 aromatic carbocycles. The van der Waals surface area contributed by atoms with Crippen molar-refractivity contribution < 1.29 is 4.79 Å². The molecule has 0 bridgehead atoms. The molecule has 2 unspecified atom stereocenters. The fraction of sp³-hybridized carbons (Fsp3) is 0.417. The molecule has 0 N–H and O–H groups in total. The number of rotatable bonds is 1. The number of alkyl halides is 1. The molecule has 0 spiro atoms. The van der Waals surface area contributed by atoms with Gasteiger partial charge in [-0.25, -0.2) is 0 Å². The maximum absolute atomic E-state index is 12.0. The smallest absolute Gasteiger partial charge is 0.153 e. The van der Waals surface area contributed by atoms with Gasteiger partial charge in [-0.3, -0.25) is 4.79 Å². The Balaban J connectivity index is 2.32. The Kier molecular flexibility index (Phi) is 3.93. The van der Waals surface area contributed by atoms with Gasteiger partial charge in [-0.2, -0.15) is 0 Å². The number of carbonyl (C=O) groups is 1. The summed E-state index contributed by atoms with van der Waals surface area (Å²) in [6.45, 7) is 0. The SMILES string of the molecule is O=C1C(Br)CCCC1c1ccc(Cl)cc1Cl. The summed E-state index contributed by atoms with van der Waals surface area (Å²) >= 11 is 15.4. The van der Waals surface area contributed by atoms with Crippen LogP contribution in [0.15, 0.2) is 18.2 Å². The lowest BCUT2D eigenvalue weighted by Crippen LogP contribution is -2.27. The van der Waals surface area contributed by atoms with Crippen molar-refractivity contribution in [3.8, 4) is 0 Å². The average Bonchev–Trinajstić information content (AvgIpc) is 2.23. The first kappa shape index (κ1) is 12.4. The van der Waals surface area contributed by atoms with E-state index in [0.29, 0.717) is 10.0 Å². The normalized spacial score (nSPS) is 25.8. The fourth-order valence-electron chi connectivity index (χ4n) is 2.10. The Morgan fingerprint density at radius 3 is 2.69 bits per heavy atom. The standard InChI is InChI=1S/C12H11BrCl2O/c13-10-3-1-2-9(12(10)16)8-5-4-7(14)6-11(8)15/h4-6,9-10H,1-3H2. The van der Waals surface area contributed by atoms with E-state index in [-0.39, 0.29) is 16.5 Å². The number of halogens is 3. The maximum atomic E-state index is 12.0. The predicted molar refractivity (Wildman–Crippen MR) is 70.8 cm³/mol. The zero-order chi connectivity index (χ0) is 11.7. The number of carbonyl (C=O) groups excluding carboxylic acids is 1. The largest absolute Gasteiger partial charge is 0.298 e. The molecule has 0 aliphatic heterocycles. The Bertz CT molecular complexity index is 419. The van der Waals surface area contributed by atoms with E-state index >= 15 is 0 Å². The number of hydrogen-bond donors (Lipinski definition) is 0. The molecule has 0 aromatic heterocycles. The predicted octanol–water partition coefficient (Wildman–Crippen LogP) is 4.59. The summed E-state index contributed by atoms with van der Waals surface area (Å²) in [4.78, 5) is 12.0. The van der Waals surface area contributed by atoms with Crippen LogP contribution in [0.25, 0.3) is 0 Å². The first-order valence-electron chi connectivity index (χ1n) is 5.22. The van der Waals surface area contributed by atoms with Gasteiger partial charge >= 0.3 is 0 Å². The summed E-state index contributed by atoms with van der Waals surface area (Å²) in [6, 6.07) is 5.34. The van der Waals surface area contributed by atoms with Gasteiger partial charge in [-0.15, -0.1) is 0 Å². The van der Waals surface area contributed by atoms with Crippen molar-refractivity contribution in [2.75, 3.05) is 0 Å². The third kappa shape index (κ3) is 2.44. The summed E-state index contributed by atoms with van der Waals surface area (Å²) in [7, 11) is 0. The molecule has 0 radical (unpaired) electrons. The molecule has 2 rings (SSSR count). The second kappa shape index (κ2) is 5.07. The topological polar surface area (TPSA) is 17.1 Å². The summed E-state index contributed by atoms with van der Waals surface area (Å²) in [5, 5.41) is 1.19. The molecular weight excluding hydrogens is 311 g/mol. The molecule has 16 heavy (non-hydrogen) atoms. The van der Waals surface area contributed by atoms with Crippen molar-refractivity contribution in [2.45, 2.75) is 30.0 Å². The molecule has 1 nitrogen and oxygen atoms in total. The van der Waals surface area contributed by atoms with E-state index in [4.69, 9.17) is 23.2 Å². The van der Waals surface area contributed by atoms with Crippen LogP contribution in [0.4, 0.5) is 0 Å². The number of ketones is 1. The van der Waals surface area contributed by atoms with Crippen LogP contribution < -0.4 is 0 Å². The molecule has 0 heterocycles. The molecule has 86 valence electrons. The van der Waals surface area contributed by atoms with Crippen LogP contribution in [0, 0.1) is 0 Å². The average molecular weight is 322 g/mol. The van der Waals surface area contributed by atoms with Crippen molar-refractivity contribution in [1.82, 2.24) is 0 Å². The Morgan fingerprint density at radius 2 is 2.00 bits per heavy atom. The van der Waals surface area contributed by atoms with E-state index in [1.807, 2.05) is 6.07 Å². The molecule has 1 aliphatic carbocycles. The highest BCUT2D eigenvalue weighted by Crippen LogP contribution is 2.37. The molecule has 1 fully saturated rings. The quantitative estimate of drug-likeness (QED) is 0.691. The van der Waals surface area contributed by atoms with E-state index < -0.39 is 0 Å². The van der Waals surface area contributed by atoms with Crippen LogP contribution in [0.3, 0.4) is 0 Å². The number of benzene rings is 1. The van der Waals surface area contributed by atoms with Gasteiger partial charge in [0, 0.05) is 16.0 Å². The highest BCUT2D eigenvalue weighted by Gasteiger charge is 2.31. The van der Waals surface area contributed by atoms with E-state index in [2.05, 4.69) is 15.9 Å². The molecular formula is C12H11BrCl2O. The zero-order valence-electron chi connectivity index (χ0n) is 8.55. The second-order valence-electron chi connectivity index (χ2n) is 4.02. The van der Waals surface area contributed by atoms with Gasteiger partial charge < -0.3 is 0 Å². The van der Waals surface area contributed by atoms with Crippen molar-refractivity contribution in [3.63, 3.8) is 0 Å². The first-order valence-corrected chi connectivity index (χ1v) is 6.89. The maximum Gasteiger partial charge on any atom is 0.153 e. The summed E-state index contributed by atoms with van der Waals surface area (Å²) < 4.78 is 0. The Morgan fingerprint density at radius 1 is 1.25 bits per heavy atom. The molecule has 0 saturated heterocycles. The van der Waals surface area contributed by atoms with E-state index in [1.165, 1.54) is 0 Å². The zero-order valence-corrected chi connectivity index (χ0v) is 11.6. The minimum atomic E-state index is -0.0807. The second-order valence-corrected chi connectivity index (χ2v) is 5.97. The van der Waals surface area contributed by atoms with Crippen LogP contribution >= 0.6 is 39.1 Å². The highest BCUT2D eigenvalue weighted by molar-refractivity contribution is 9.10. The summed E-state index contributed by atoms with van der Waals surface area (Å²) in [6.07, 6.45) is 2.84. The molecule has 0 amide bonds. The van der Waals surface area contributed by atoms with Crippen LogP contribution in [0.1, 0.15) is 30.7 Å². The molecule has 2 atom stereocenters. The molecule has 1 saturated carbocycles. The molecule has 1 aromatic rings. The lowest BCUT2D eigenvalue weighted by atomic mass is 9.83. The van der Waals surface area contributed by atoms with E-state index in [1.54, 1.807) is 12.1 Å². The van der Waals surface area contributed by atoms with E-state index in [0.717, 1.165) is 24.8 Å². The van der Waals surface area contributed by atoms with Crippen LogP contribution in [-0.4, -0.2) is 10.6 Å². The van der Waals surface area contributed by atoms with Gasteiger partial charge in [0.25, 0.3) is 0 Å². The molecule has 4 heteroatoms. The minimum absolute atomic E-state index is 0.0296. The lowest BCUT2D eigenvalue weighted by molar-refractivity contribution is -0.121. The third-order valence-electron chi connectivity index (χ3n) is 2.94. The van der Waals surface area contributed by atoms with Gasteiger partial charge in [0.1, 0.15) is 0 Å². The van der Waals surface area contributed by atoms with Gasteiger partial charge in [0.05, 0.1) is 4.83 Å². The van der Waals surface area contributed by atoms with Crippen LogP contribution in [0.5, 0.6) is 0 Å². The fourth-order valence-corrected chi connectivity index (χ4v) is 3.28. The van der Waals surface area contributed by atoms with Crippen LogP contribution in [-0.2, 0) is 4.79 Å². The first-order chi connectivity index (χ1) is 7.59. The van der Waals surface area contributed by atoms with Gasteiger partial charge in [0.2, 0.25) is 0 Å². The van der Waals surface area contributed by atoms with Gasteiger partial charge in [-0.1, -0.05) is 51.6 Å². The minimum Gasteiger partial charge on any atom is -0.298 e.